The summed E-state index contributed by atoms with van der Waals surface area (Å²) in [5, 5.41) is 13.3. The molecule has 2 heteroatoms. The molecule has 100 valence electrons. The van der Waals surface area contributed by atoms with E-state index >= 15 is 0 Å². The second-order valence-corrected chi connectivity index (χ2v) is 5.82. The van der Waals surface area contributed by atoms with Crippen LogP contribution < -0.4 is 5.32 Å². The van der Waals surface area contributed by atoms with Gasteiger partial charge in [-0.15, -0.1) is 0 Å². The minimum atomic E-state index is 0.393. The fraction of sp³-hybridized carbons (Fsp3) is 0.625. The fourth-order valence-electron chi connectivity index (χ4n) is 2.79. The van der Waals surface area contributed by atoms with Crippen LogP contribution in [0.25, 0.3) is 0 Å². The van der Waals surface area contributed by atoms with Gasteiger partial charge >= 0.3 is 0 Å². The van der Waals surface area contributed by atoms with Gasteiger partial charge in [-0.25, -0.2) is 0 Å². The Balaban J connectivity index is 1.93. The third kappa shape index (κ3) is 3.49. The average molecular weight is 247 g/mol. The largest absolute Gasteiger partial charge is 0.508 e. The van der Waals surface area contributed by atoms with Crippen molar-refractivity contribution in [2.24, 2.45) is 5.92 Å². The molecule has 2 N–H and O–H groups in total. The summed E-state index contributed by atoms with van der Waals surface area (Å²) in [5.74, 6) is 1.18. The topological polar surface area (TPSA) is 32.3 Å². The highest BCUT2D eigenvalue weighted by Crippen LogP contribution is 2.32. The maximum absolute atomic E-state index is 9.62. The van der Waals surface area contributed by atoms with Crippen molar-refractivity contribution in [1.29, 1.82) is 0 Å². The van der Waals surface area contributed by atoms with Crippen LogP contribution in [0.1, 0.15) is 56.7 Å². The molecule has 0 saturated heterocycles. The number of hydrogen-bond acceptors (Lipinski definition) is 2. The van der Waals surface area contributed by atoms with Gasteiger partial charge < -0.3 is 10.4 Å². The number of phenolic OH excluding ortho intramolecular Hbond substituents is 1. The standard InChI is InChI=1S/C16H25NO/c1-12(2)5-4-10-17-16-7-3-6-13-8-9-14(18)11-15(13)16/h8-9,11-12,16-18H,3-7,10H2,1-2H3. The van der Waals surface area contributed by atoms with Crippen LogP contribution in [0, 0.1) is 5.92 Å². The third-order valence-electron chi connectivity index (χ3n) is 3.79. The zero-order valence-electron chi connectivity index (χ0n) is 11.6. The Morgan fingerprint density at radius 1 is 1.39 bits per heavy atom. The Morgan fingerprint density at radius 3 is 3.00 bits per heavy atom. The van der Waals surface area contributed by atoms with E-state index in [4.69, 9.17) is 0 Å². The summed E-state index contributed by atoms with van der Waals surface area (Å²) in [6.45, 7) is 5.62. The maximum Gasteiger partial charge on any atom is 0.115 e. The molecule has 0 heterocycles. The van der Waals surface area contributed by atoms with E-state index in [-0.39, 0.29) is 0 Å². The van der Waals surface area contributed by atoms with Crippen LogP contribution in [0.15, 0.2) is 18.2 Å². The summed E-state index contributed by atoms with van der Waals surface area (Å²) in [4.78, 5) is 0. The molecule has 1 aromatic rings. The molecule has 2 nitrogen and oxygen atoms in total. The highest BCUT2D eigenvalue weighted by Gasteiger charge is 2.19. The quantitative estimate of drug-likeness (QED) is 0.776. The van der Waals surface area contributed by atoms with E-state index < -0.39 is 0 Å². The zero-order valence-corrected chi connectivity index (χ0v) is 11.6. The SMILES string of the molecule is CC(C)CCCNC1CCCc2ccc(O)cc21. The Hall–Kier alpha value is -1.02. The molecule has 1 aliphatic carbocycles. The summed E-state index contributed by atoms with van der Waals surface area (Å²) in [5.41, 5.74) is 2.71. The number of nitrogens with one attached hydrogen (secondary N) is 1. The molecule has 1 aromatic carbocycles. The van der Waals surface area contributed by atoms with Gasteiger partial charge in [-0.1, -0.05) is 19.9 Å². The number of benzene rings is 1. The highest BCUT2D eigenvalue weighted by molar-refractivity contribution is 5.38. The Morgan fingerprint density at radius 2 is 2.22 bits per heavy atom. The van der Waals surface area contributed by atoms with Crippen LogP contribution in [0.4, 0.5) is 0 Å². The van der Waals surface area contributed by atoms with Crippen molar-refractivity contribution in [1.82, 2.24) is 5.32 Å². The monoisotopic (exact) mass is 247 g/mol. The molecule has 0 fully saturated rings. The first-order chi connectivity index (χ1) is 8.66. The molecule has 0 bridgehead atoms. The summed E-state index contributed by atoms with van der Waals surface area (Å²) in [7, 11) is 0. The summed E-state index contributed by atoms with van der Waals surface area (Å²) in [6.07, 6.45) is 6.12. The summed E-state index contributed by atoms with van der Waals surface area (Å²) < 4.78 is 0. The lowest BCUT2D eigenvalue weighted by molar-refractivity contribution is 0.431. The van der Waals surface area contributed by atoms with Gasteiger partial charge in [0.15, 0.2) is 0 Å². The van der Waals surface area contributed by atoms with Crippen molar-refractivity contribution in [2.75, 3.05) is 6.54 Å². The molecule has 0 saturated carbocycles. The first-order valence-electron chi connectivity index (χ1n) is 7.22. The van der Waals surface area contributed by atoms with Crippen molar-refractivity contribution in [3.63, 3.8) is 0 Å². The van der Waals surface area contributed by atoms with Crippen LogP contribution in [0.2, 0.25) is 0 Å². The molecule has 18 heavy (non-hydrogen) atoms. The molecule has 0 amide bonds. The number of aryl methyl sites for hydroxylation is 1. The van der Waals surface area contributed by atoms with Crippen LogP contribution in [-0.4, -0.2) is 11.7 Å². The first kappa shape index (κ1) is 13.4. The van der Waals surface area contributed by atoms with Crippen molar-refractivity contribution in [2.45, 2.75) is 52.0 Å². The lowest BCUT2D eigenvalue weighted by atomic mass is 9.87. The minimum absolute atomic E-state index is 0.393. The van der Waals surface area contributed by atoms with Gasteiger partial charge in [0.05, 0.1) is 0 Å². The van der Waals surface area contributed by atoms with Gasteiger partial charge in [-0.3, -0.25) is 0 Å². The van der Waals surface area contributed by atoms with Crippen LogP contribution >= 0.6 is 0 Å². The van der Waals surface area contributed by atoms with Gasteiger partial charge in [0.1, 0.15) is 5.75 Å². The minimum Gasteiger partial charge on any atom is -0.508 e. The number of fused-ring (bicyclic) bond motifs is 1. The van der Waals surface area contributed by atoms with Crippen molar-refractivity contribution < 1.29 is 5.11 Å². The fourth-order valence-corrected chi connectivity index (χ4v) is 2.79. The summed E-state index contributed by atoms with van der Waals surface area (Å²) >= 11 is 0. The molecule has 0 spiro atoms. The molecular weight excluding hydrogens is 222 g/mol. The van der Waals surface area contributed by atoms with Gasteiger partial charge in [-0.05, 0) is 67.8 Å². The van der Waals surface area contributed by atoms with Crippen LogP contribution in [-0.2, 0) is 6.42 Å². The van der Waals surface area contributed by atoms with Crippen LogP contribution in [0.3, 0.4) is 0 Å². The molecule has 1 aliphatic rings. The molecular formula is C16H25NO. The van der Waals surface area contributed by atoms with E-state index in [9.17, 15) is 5.11 Å². The third-order valence-corrected chi connectivity index (χ3v) is 3.79. The normalized spacial score (nSPS) is 18.9. The van der Waals surface area contributed by atoms with E-state index in [0.29, 0.717) is 11.8 Å². The number of hydrogen-bond donors (Lipinski definition) is 2. The van der Waals surface area contributed by atoms with E-state index in [0.717, 1.165) is 18.9 Å². The van der Waals surface area contributed by atoms with Gasteiger partial charge in [-0.2, -0.15) is 0 Å². The second kappa shape index (κ2) is 6.24. The predicted octanol–water partition coefficient (Wildman–Crippen LogP) is 3.80. The van der Waals surface area contributed by atoms with Crippen molar-refractivity contribution in [3.05, 3.63) is 29.3 Å². The molecule has 0 radical (unpaired) electrons. The molecule has 1 unspecified atom stereocenters. The molecule has 1 atom stereocenters. The van der Waals surface area contributed by atoms with Gasteiger partial charge in [0, 0.05) is 6.04 Å². The van der Waals surface area contributed by atoms with Gasteiger partial charge in [0.25, 0.3) is 0 Å². The van der Waals surface area contributed by atoms with E-state index in [2.05, 4.69) is 25.2 Å². The predicted molar refractivity (Wildman–Crippen MR) is 75.9 cm³/mol. The highest BCUT2D eigenvalue weighted by atomic mass is 16.3. The van der Waals surface area contributed by atoms with E-state index in [1.54, 1.807) is 6.07 Å². The van der Waals surface area contributed by atoms with Crippen molar-refractivity contribution >= 4 is 0 Å². The number of aromatic hydroxyl groups is 1. The molecule has 0 aromatic heterocycles. The van der Waals surface area contributed by atoms with E-state index in [1.165, 1.54) is 36.8 Å². The Bertz CT molecular complexity index is 387. The molecule has 0 aliphatic heterocycles. The summed E-state index contributed by atoms with van der Waals surface area (Å²) in [6, 6.07) is 6.26. The van der Waals surface area contributed by atoms with Crippen molar-refractivity contribution in [3.8, 4) is 5.75 Å². The second-order valence-electron chi connectivity index (χ2n) is 5.82. The lowest BCUT2D eigenvalue weighted by Crippen LogP contribution is -2.26. The first-order valence-corrected chi connectivity index (χ1v) is 7.22. The zero-order chi connectivity index (χ0) is 13.0. The number of phenols is 1. The van der Waals surface area contributed by atoms with Crippen LogP contribution in [0.5, 0.6) is 5.75 Å². The number of rotatable bonds is 5. The average Bonchev–Trinajstić information content (AvgIpc) is 2.34. The Kier molecular flexibility index (Phi) is 4.65. The Labute approximate surface area is 110 Å². The van der Waals surface area contributed by atoms with Gasteiger partial charge in [0.2, 0.25) is 0 Å². The smallest absolute Gasteiger partial charge is 0.115 e. The van der Waals surface area contributed by atoms with E-state index in [1.807, 2.05) is 6.07 Å². The lowest BCUT2D eigenvalue weighted by Gasteiger charge is -2.26. The molecule has 2 rings (SSSR count). The maximum atomic E-state index is 9.62.